The number of alkyl halides is 6. The van der Waals surface area contributed by atoms with Crippen LogP contribution in [0.15, 0.2) is 78.9 Å². The molecule has 224 valence electrons. The molecule has 5 rings (SSSR count). The molecular formula is C32H33F6N3O. The number of carbonyl (C=O) groups is 1. The molecule has 2 atom stereocenters. The van der Waals surface area contributed by atoms with Crippen molar-refractivity contribution in [3.63, 3.8) is 0 Å². The fraction of sp³-hybridized carbons (Fsp3) is 0.406. The zero-order chi connectivity index (χ0) is 29.9. The summed E-state index contributed by atoms with van der Waals surface area (Å²) in [5.74, 6) is -0.807. The predicted octanol–water partition coefficient (Wildman–Crippen LogP) is 6.76. The minimum atomic E-state index is -5.02. The van der Waals surface area contributed by atoms with Gasteiger partial charge in [-0.2, -0.15) is 26.3 Å². The van der Waals surface area contributed by atoms with Gasteiger partial charge >= 0.3 is 12.4 Å². The van der Waals surface area contributed by atoms with Crippen LogP contribution in [-0.4, -0.2) is 65.4 Å². The van der Waals surface area contributed by atoms with Crippen LogP contribution in [-0.2, 0) is 25.3 Å². The van der Waals surface area contributed by atoms with Gasteiger partial charge in [0.15, 0.2) is 0 Å². The lowest BCUT2D eigenvalue weighted by Crippen LogP contribution is -2.56. The van der Waals surface area contributed by atoms with Crippen LogP contribution in [0.1, 0.15) is 45.5 Å². The Balaban J connectivity index is 1.34. The van der Waals surface area contributed by atoms with E-state index in [0.717, 1.165) is 38.3 Å². The molecule has 2 aliphatic heterocycles. The topological polar surface area (TPSA) is 26.8 Å². The highest BCUT2D eigenvalue weighted by Gasteiger charge is 2.40. The summed E-state index contributed by atoms with van der Waals surface area (Å²) < 4.78 is 81.1. The number of piperazine rings is 1. The fourth-order valence-corrected chi connectivity index (χ4v) is 6.08. The van der Waals surface area contributed by atoms with Crippen LogP contribution < -0.4 is 0 Å². The highest BCUT2D eigenvalue weighted by molar-refractivity contribution is 5.95. The first kappa shape index (κ1) is 30.1. The zero-order valence-electron chi connectivity index (χ0n) is 23.0. The largest absolute Gasteiger partial charge is 0.416 e. The molecule has 2 aliphatic rings. The first-order valence-corrected chi connectivity index (χ1v) is 14.1. The van der Waals surface area contributed by atoms with Crippen LogP contribution in [0.5, 0.6) is 0 Å². The minimum Gasteiger partial charge on any atom is -0.335 e. The molecule has 0 aliphatic carbocycles. The lowest BCUT2D eigenvalue weighted by atomic mass is 9.90. The van der Waals surface area contributed by atoms with E-state index in [2.05, 4.69) is 21.9 Å². The Morgan fingerprint density at radius 2 is 1.26 bits per heavy atom. The van der Waals surface area contributed by atoms with Crippen LogP contribution in [0.3, 0.4) is 0 Å². The summed E-state index contributed by atoms with van der Waals surface area (Å²) in [5.41, 5.74) is -1.35. The molecule has 0 spiro atoms. The smallest absolute Gasteiger partial charge is 0.335 e. The zero-order valence-corrected chi connectivity index (χ0v) is 23.0. The second kappa shape index (κ2) is 12.5. The third kappa shape index (κ3) is 7.33. The number of piperidine rings is 1. The summed E-state index contributed by atoms with van der Waals surface area (Å²) in [6, 6.07) is 20.6. The predicted molar refractivity (Wildman–Crippen MR) is 148 cm³/mol. The van der Waals surface area contributed by atoms with Crippen LogP contribution in [0.25, 0.3) is 0 Å². The fourth-order valence-electron chi connectivity index (χ4n) is 6.08. The number of benzene rings is 3. The number of hydrogen-bond donors (Lipinski definition) is 0. The highest BCUT2D eigenvalue weighted by Crippen LogP contribution is 2.37. The molecule has 0 unspecified atom stereocenters. The van der Waals surface area contributed by atoms with Crippen LogP contribution in [0.2, 0.25) is 0 Å². The molecule has 3 aromatic carbocycles. The summed E-state index contributed by atoms with van der Waals surface area (Å²) in [6.45, 7) is 4.61. The Kier molecular flexibility index (Phi) is 8.94. The Hall–Kier alpha value is -3.37. The van der Waals surface area contributed by atoms with Gasteiger partial charge in [0.25, 0.3) is 5.91 Å². The molecule has 4 nitrogen and oxygen atoms in total. The van der Waals surface area contributed by atoms with E-state index in [9.17, 15) is 31.1 Å². The number of rotatable bonds is 6. The Labute approximate surface area is 241 Å². The highest BCUT2D eigenvalue weighted by atomic mass is 19.4. The molecular weight excluding hydrogens is 556 g/mol. The van der Waals surface area contributed by atoms with Crippen molar-refractivity contribution in [3.8, 4) is 0 Å². The third-order valence-corrected chi connectivity index (χ3v) is 8.27. The van der Waals surface area contributed by atoms with E-state index in [1.165, 1.54) is 10.5 Å². The van der Waals surface area contributed by atoms with Crippen molar-refractivity contribution in [2.24, 2.45) is 0 Å². The number of amides is 1. The molecule has 0 N–H and O–H groups in total. The molecule has 3 aromatic rings. The molecule has 2 fully saturated rings. The van der Waals surface area contributed by atoms with Crippen LogP contribution >= 0.6 is 0 Å². The van der Waals surface area contributed by atoms with E-state index in [4.69, 9.17) is 0 Å². The monoisotopic (exact) mass is 589 g/mol. The average molecular weight is 590 g/mol. The molecule has 10 heteroatoms. The third-order valence-electron chi connectivity index (χ3n) is 8.27. The molecule has 0 radical (unpaired) electrons. The molecule has 1 amide bonds. The van der Waals surface area contributed by atoms with Gasteiger partial charge < -0.3 is 4.90 Å². The quantitative estimate of drug-likeness (QED) is 0.298. The van der Waals surface area contributed by atoms with E-state index >= 15 is 0 Å². The lowest BCUT2D eigenvalue weighted by Gasteiger charge is -2.46. The maximum atomic E-state index is 13.6. The van der Waals surface area contributed by atoms with Gasteiger partial charge in [0.2, 0.25) is 0 Å². The SMILES string of the molecule is O=C(c1cc(C(F)(F)F)cc(C(F)(F)F)c1)N1CC[C@@H](N2CCN(Cc3ccccc3)CC2)C[C@@H]1Cc1ccccc1. The van der Waals surface area contributed by atoms with Gasteiger partial charge in [0.05, 0.1) is 11.1 Å². The maximum absolute atomic E-state index is 13.6. The minimum absolute atomic E-state index is 0.0574. The second-order valence-corrected chi connectivity index (χ2v) is 11.1. The van der Waals surface area contributed by atoms with Crippen molar-refractivity contribution < 1.29 is 31.1 Å². The van der Waals surface area contributed by atoms with Crippen LogP contribution in [0, 0.1) is 0 Å². The van der Waals surface area contributed by atoms with Crippen molar-refractivity contribution in [2.75, 3.05) is 32.7 Å². The van der Waals surface area contributed by atoms with E-state index in [1.807, 2.05) is 48.5 Å². The summed E-state index contributed by atoms with van der Waals surface area (Å²) in [5, 5.41) is 0. The standard InChI is InChI=1S/C32H33F6N3O/c33-31(34,35)26-18-25(19-27(20-26)32(36,37)38)30(42)41-12-11-28(21-29(41)17-23-7-3-1-4-8-23)40-15-13-39(14-16-40)22-24-9-5-2-6-10-24/h1-10,18-20,28-29H,11-17,21-22H2/t28-,29+/m1/s1. The van der Waals surface area contributed by atoms with E-state index in [1.54, 1.807) is 0 Å². The first-order chi connectivity index (χ1) is 20.0. The Morgan fingerprint density at radius 3 is 1.81 bits per heavy atom. The molecule has 42 heavy (non-hydrogen) atoms. The number of halogens is 6. The Bertz CT molecular complexity index is 1310. The van der Waals surface area contributed by atoms with Crippen LogP contribution in [0.4, 0.5) is 26.3 Å². The molecule has 2 saturated heterocycles. The van der Waals surface area contributed by atoms with Gasteiger partial charge in [-0.3, -0.25) is 14.6 Å². The van der Waals surface area contributed by atoms with Crippen molar-refractivity contribution >= 4 is 5.91 Å². The maximum Gasteiger partial charge on any atom is 0.416 e. The van der Waals surface area contributed by atoms with Crippen molar-refractivity contribution in [1.29, 1.82) is 0 Å². The number of likely N-dealkylation sites (tertiary alicyclic amines) is 1. The summed E-state index contributed by atoms with van der Waals surface area (Å²) >= 11 is 0. The molecule has 0 aromatic heterocycles. The first-order valence-electron chi connectivity index (χ1n) is 14.1. The lowest BCUT2D eigenvalue weighted by molar-refractivity contribution is -0.143. The van der Waals surface area contributed by atoms with E-state index in [-0.39, 0.29) is 24.7 Å². The molecule has 0 saturated carbocycles. The normalized spacial score (nSPS) is 21.0. The number of hydrogen-bond acceptors (Lipinski definition) is 3. The Morgan fingerprint density at radius 1 is 0.714 bits per heavy atom. The van der Waals surface area contributed by atoms with Gasteiger partial charge in [-0.25, -0.2) is 0 Å². The molecule has 2 heterocycles. The van der Waals surface area contributed by atoms with Gasteiger partial charge in [0, 0.05) is 56.9 Å². The van der Waals surface area contributed by atoms with Crippen molar-refractivity contribution in [2.45, 2.75) is 50.2 Å². The average Bonchev–Trinajstić information content (AvgIpc) is 2.97. The van der Waals surface area contributed by atoms with E-state index < -0.39 is 35.0 Å². The number of nitrogens with zero attached hydrogens (tertiary/aromatic N) is 3. The van der Waals surface area contributed by atoms with Crippen molar-refractivity contribution in [1.82, 2.24) is 14.7 Å². The summed E-state index contributed by atoms with van der Waals surface area (Å²) in [4.78, 5) is 19.9. The van der Waals surface area contributed by atoms with Gasteiger partial charge in [-0.1, -0.05) is 60.7 Å². The molecule has 0 bridgehead atoms. The summed E-state index contributed by atoms with van der Waals surface area (Å²) in [7, 11) is 0. The van der Waals surface area contributed by atoms with E-state index in [0.29, 0.717) is 31.4 Å². The number of carbonyl (C=O) groups excluding carboxylic acids is 1. The van der Waals surface area contributed by atoms with Gasteiger partial charge in [-0.05, 0) is 48.6 Å². The summed E-state index contributed by atoms with van der Waals surface area (Å²) in [6.07, 6.45) is -8.39. The van der Waals surface area contributed by atoms with Crippen molar-refractivity contribution in [3.05, 3.63) is 107 Å². The van der Waals surface area contributed by atoms with Gasteiger partial charge in [0.1, 0.15) is 0 Å². The van der Waals surface area contributed by atoms with Gasteiger partial charge in [-0.15, -0.1) is 0 Å². The second-order valence-electron chi connectivity index (χ2n) is 11.1.